The Kier molecular flexibility index (Phi) is 3.26. The van der Waals surface area contributed by atoms with Crippen LogP contribution in [0.15, 0.2) is 30.5 Å². The van der Waals surface area contributed by atoms with E-state index in [2.05, 4.69) is 30.9 Å². The Bertz CT molecular complexity index is 631. The molecule has 1 fully saturated rings. The number of nitrogens with zero attached hydrogens (tertiary/aromatic N) is 2. The normalized spacial score (nSPS) is 22.9. The van der Waals surface area contributed by atoms with Crippen LogP contribution in [0.5, 0.6) is 0 Å². The highest BCUT2D eigenvalue weighted by molar-refractivity contribution is 5.98. The number of nitrogens with one attached hydrogen (secondary N) is 1. The number of carbonyl (C=O) groups excluding carboxylic acids is 1. The lowest BCUT2D eigenvalue weighted by Crippen LogP contribution is -2.35. The molecule has 106 valence electrons. The van der Waals surface area contributed by atoms with Gasteiger partial charge in [0.2, 0.25) is 0 Å². The van der Waals surface area contributed by atoms with Crippen molar-refractivity contribution in [1.29, 1.82) is 0 Å². The van der Waals surface area contributed by atoms with Crippen LogP contribution < -0.4 is 0 Å². The number of likely N-dealkylation sites (tertiary alicyclic amines) is 1. The number of rotatable bonds is 2. The van der Waals surface area contributed by atoms with Crippen molar-refractivity contribution in [3.05, 3.63) is 36.0 Å². The van der Waals surface area contributed by atoms with Gasteiger partial charge >= 0.3 is 0 Å². The van der Waals surface area contributed by atoms with Crippen LogP contribution in [0.1, 0.15) is 17.3 Å². The first kappa shape index (κ1) is 13.2. The van der Waals surface area contributed by atoms with E-state index in [1.807, 2.05) is 35.4 Å². The second kappa shape index (κ2) is 4.94. The van der Waals surface area contributed by atoms with E-state index >= 15 is 0 Å². The summed E-state index contributed by atoms with van der Waals surface area (Å²) in [5.41, 5.74) is 1.79. The molecular weight excluding hydrogens is 250 g/mol. The topological polar surface area (TPSA) is 39.3 Å². The summed E-state index contributed by atoms with van der Waals surface area (Å²) in [6.45, 7) is 3.87. The van der Waals surface area contributed by atoms with E-state index in [0.717, 1.165) is 29.6 Å². The van der Waals surface area contributed by atoms with Crippen LogP contribution in [0.3, 0.4) is 0 Å². The molecule has 0 aliphatic carbocycles. The van der Waals surface area contributed by atoms with Crippen molar-refractivity contribution in [3.63, 3.8) is 0 Å². The summed E-state index contributed by atoms with van der Waals surface area (Å²) < 4.78 is 0. The fourth-order valence-corrected chi connectivity index (χ4v) is 3.15. The lowest BCUT2D eigenvalue weighted by molar-refractivity contribution is 0.0781. The molecule has 0 saturated carbocycles. The summed E-state index contributed by atoms with van der Waals surface area (Å²) in [6.07, 6.45) is 1.90. The summed E-state index contributed by atoms with van der Waals surface area (Å²) in [4.78, 5) is 20.0. The number of likely N-dealkylation sites (N-methyl/N-ethyl adjacent to an activating group) is 1. The smallest absolute Gasteiger partial charge is 0.253 e. The predicted molar refractivity (Wildman–Crippen MR) is 80.8 cm³/mol. The van der Waals surface area contributed by atoms with E-state index in [4.69, 9.17) is 0 Å². The average molecular weight is 271 g/mol. The van der Waals surface area contributed by atoms with E-state index in [-0.39, 0.29) is 5.91 Å². The third kappa shape index (κ3) is 2.20. The molecule has 3 rings (SSSR count). The highest BCUT2D eigenvalue weighted by atomic mass is 16.2. The number of aromatic nitrogens is 1. The van der Waals surface area contributed by atoms with Gasteiger partial charge in [0.25, 0.3) is 5.91 Å². The molecule has 0 radical (unpaired) electrons. The standard InChI is InChI=1S/C16H21N3O/c1-11-9-19(10-15(11)18(2)3)16(20)13-5-4-12-6-7-17-14(12)8-13/h4-8,11,15,17H,9-10H2,1-3H3. The van der Waals surface area contributed by atoms with Gasteiger partial charge in [-0.3, -0.25) is 4.79 Å². The van der Waals surface area contributed by atoms with Crippen molar-refractivity contribution in [2.24, 2.45) is 5.92 Å². The molecule has 1 aliphatic rings. The molecule has 1 aliphatic heterocycles. The molecule has 1 aromatic carbocycles. The lowest BCUT2D eigenvalue weighted by atomic mass is 10.1. The van der Waals surface area contributed by atoms with Crippen LogP contribution in [0.2, 0.25) is 0 Å². The minimum Gasteiger partial charge on any atom is -0.361 e. The third-order valence-corrected chi connectivity index (χ3v) is 4.33. The van der Waals surface area contributed by atoms with E-state index in [1.165, 1.54) is 0 Å². The van der Waals surface area contributed by atoms with Gasteiger partial charge in [-0.25, -0.2) is 0 Å². The number of carbonyl (C=O) groups is 1. The fraction of sp³-hybridized carbons (Fsp3) is 0.438. The van der Waals surface area contributed by atoms with Crippen molar-refractivity contribution in [1.82, 2.24) is 14.8 Å². The van der Waals surface area contributed by atoms with Gasteiger partial charge in [0.05, 0.1) is 0 Å². The highest BCUT2D eigenvalue weighted by Gasteiger charge is 2.33. The van der Waals surface area contributed by atoms with Crippen LogP contribution in [-0.2, 0) is 0 Å². The number of fused-ring (bicyclic) bond motifs is 1. The SMILES string of the molecule is CC1CN(C(=O)c2ccc3cc[nH]c3c2)CC1N(C)C. The molecule has 20 heavy (non-hydrogen) atoms. The average Bonchev–Trinajstić information content (AvgIpc) is 3.02. The molecule has 0 spiro atoms. The van der Waals surface area contributed by atoms with Crippen molar-refractivity contribution in [2.75, 3.05) is 27.2 Å². The van der Waals surface area contributed by atoms with Gasteiger partial charge in [-0.1, -0.05) is 13.0 Å². The minimum atomic E-state index is 0.137. The molecule has 2 aromatic rings. The Morgan fingerprint density at radius 3 is 2.80 bits per heavy atom. The van der Waals surface area contributed by atoms with Crippen molar-refractivity contribution >= 4 is 16.8 Å². The largest absolute Gasteiger partial charge is 0.361 e. The Morgan fingerprint density at radius 1 is 1.30 bits per heavy atom. The van der Waals surface area contributed by atoms with Gasteiger partial charge in [-0.2, -0.15) is 0 Å². The summed E-state index contributed by atoms with van der Waals surface area (Å²) in [5.74, 6) is 0.654. The number of H-pyrrole nitrogens is 1. The zero-order chi connectivity index (χ0) is 14.3. The first-order chi connectivity index (χ1) is 9.56. The van der Waals surface area contributed by atoms with Crippen molar-refractivity contribution < 1.29 is 4.79 Å². The Morgan fingerprint density at radius 2 is 2.10 bits per heavy atom. The van der Waals surface area contributed by atoms with E-state index < -0.39 is 0 Å². The van der Waals surface area contributed by atoms with Crippen LogP contribution >= 0.6 is 0 Å². The summed E-state index contributed by atoms with van der Waals surface area (Å²) >= 11 is 0. The van der Waals surface area contributed by atoms with Crippen LogP contribution in [-0.4, -0.2) is 53.9 Å². The molecule has 2 unspecified atom stereocenters. The Hall–Kier alpha value is -1.81. The zero-order valence-corrected chi connectivity index (χ0v) is 12.3. The predicted octanol–water partition coefficient (Wildman–Crippen LogP) is 2.19. The van der Waals surface area contributed by atoms with Crippen LogP contribution in [0.4, 0.5) is 0 Å². The lowest BCUT2D eigenvalue weighted by Gasteiger charge is -2.22. The first-order valence-electron chi connectivity index (χ1n) is 7.09. The molecule has 1 saturated heterocycles. The monoisotopic (exact) mass is 271 g/mol. The number of hydrogen-bond acceptors (Lipinski definition) is 2. The molecule has 4 nitrogen and oxygen atoms in total. The molecule has 2 atom stereocenters. The summed E-state index contributed by atoms with van der Waals surface area (Å²) in [7, 11) is 4.17. The van der Waals surface area contributed by atoms with E-state index in [9.17, 15) is 4.79 Å². The molecular formula is C16H21N3O. The van der Waals surface area contributed by atoms with Gasteiger partial charge in [0, 0.05) is 36.4 Å². The zero-order valence-electron chi connectivity index (χ0n) is 12.3. The molecule has 4 heteroatoms. The van der Waals surface area contributed by atoms with Gasteiger partial charge in [-0.05, 0) is 43.6 Å². The third-order valence-electron chi connectivity index (χ3n) is 4.33. The number of aromatic amines is 1. The van der Waals surface area contributed by atoms with Gasteiger partial charge in [0.1, 0.15) is 0 Å². The summed E-state index contributed by atoms with van der Waals surface area (Å²) in [5, 5.41) is 1.14. The Labute approximate surface area is 119 Å². The quantitative estimate of drug-likeness (QED) is 0.909. The minimum absolute atomic E-state index is 0.137. The molecule has 1 aromatic heterocycles. The second-order valence-corrected chi connectivity index (χ2v) is 6.00. The Balaban J connectivity index is 1.82. The molecule has 2 heterocycles. The van der Waals surface area contributed by atoms with Gasteiger partial charge in [0.15, 0.2) is 0 Å². The highest BCUT2D eigenvalue weighted by Crippen LogP contribution is 2.23. The first-order valence-corrected chi connectivity index (χ1v) is 7.09. The van der Waals surface area contributed by atoms with Crippen molar-refractivity contribution in [3.8, 4) is 0 Å². The van der Waals surface area contributed by atoms with Gasteiger partial charge < -0.3 is 14.8 Å². The maximum atomic E-state index is 12.6. The van der Waals surface area contributed by atoms with Crippen LogP contribution in [0, 0.1) is 5.92 Å². The fourth-order valence-electron chi connectivity index (χ4n) is 3.15. The number of hydrogen-bond donors (Lipinski definition) is 1. The number of amides is 1. The summed E-state index contributed by atoms with van der Waals surface area (Å²) in [6, 6.07) is 8.34. The van der Waals surface area contributed by atoms with E-state index in [0.29, 0.717) is 12.0 Å². The maximum Gasteiger partial charge on any atom is 0.253 e. The second-order valence-electron chi connectivity index (χ2n) is 6.00. The maximum absolute atomic E-state index is 12.6. The van der Waals surface area contributed by atoms with E-state index in [1.54, 1.807) is 0 Å². The molecule has 0 bridgehead atoms. The van der Waals surface area contributed by atoms with Crippen molar-refractivity contribution in [2.45, 2.75) is 13.0 Å². The number of benzene rings is 1. The molecule has 1 amide bonds. The molecule has 1 N–H and O–H groups in total. The van der Waals surface area contributed by atoms with Crippen LogP contribution in [0.25, 0.3) is 10.9 Å². The van der Waals surface area contributed by atoms with Gasteiger partial charge in [-0.15, -0.1) is 0 Å².